The lowest BCUT2D eigenvalue weighted by atomic mass is 10.0. The maximum Gasteiger partial charge on any atom is 0.337 e. The minimum atomic E-state index is -0.379. The lowest BCUT2D eigenvalue weighted by molar-refractivity contribution is 0.0600. The molecule has 1 heterocycles. The minimum Gasteiger partial charge on any atom is -0.489 e. The van der Waals surface area contributed by atoms with Crippen molar-refractivity contribution in [1.29, 1.82) is 0 Å². The van der Waals surface area contributed by atoms with Crippen LogP contribution in [0.15, 0.2) is 60.7 Å². The van der Waals surface area contributed by atoms with Gasteiger partial charge in [-0.25, -0.2) is 4.79 Å². The fourth-order valence-corrected chi connectivity index (χ4v) is 5.47. The van der Waals surface area contributed by atoms with Crippen molar-refractivity contribution in [3.63, 3.8) is 0 Å². The predicted molar refractivity (Wildman–Crippen MR) is 154 cm³/mol. The Morgan fingerprint density at radius 3 is 2.38 bits per heavy atom. The number of rotatable bonds is 8. The highest BCUT2D eigenvalue weighted by Crippen LogP contribution is 2.40. The third-order valence-electron chi connectivity index (χ3n) is 5.66. The number of hydrogen-bond donors (Lipinski definition) is 0. The number of nitrogens with zero attached hydrogens (tertiary/aromatic N) is 1. The van der Waals surface area contributed by atoms with Gasteiger partial charge in [-0.1, -0.05) is 79.0 Å². The van der Waals surface area contributed by atoms with Gasteiger partial charge in [0, 0.05) is 16.0 Å². The molecule has 0 unspecified atom stereocenters. The normalized spacial score (nSPS) is 11.3. The molecule has 0 saturated heterocycles. The number of methoxy groups -OCH3 is 1. The third kappa shape index (κ3) is 6.36. The zero-order chi connectivity index (χ0) is 26.5. The second-order valence-corrected chi connectivity index (χ2v) is 10.6. The van der Waals surface area contributed by atoms with E-state index >= 15 is 0 Å². The van der Waals surface area contributed by atoms with Crippen molar-refractivity contribution in [1.82, 2.24) is 4.37 Å². The third-order valence-corrected chi connectivity index (χ3v) is 7.81. The first kappa shape index (κ1) is 27.2. The number of halogens is 3. The van der Waals surface area contributed by atoms with Crippen molar-refractivity contribution in [3.05, 3.63) is 103 Å². The Bertz CT molecular complexity index is 1440. The van der Waals surface area contributed by atoms with Gasteiger partial charge in [0.15, 0.2) is 0 Å². The number of benzene rings is 3. The van der Waals surface area contributed by atoms with E-state index in [0.717, 1.165) is 27.3 Å². The summed E-state index contributed by atoms with van der Waals surface area (Å²) in [6, 6.07) is 18.1. The van der Waals surface area contributed by atoms with Crippen LogP contribution in [0.2, 0.25) is 15.1 Å². The topological polar surface area (TPSA) is 48.4 Å². The van der Waals surface area contributed by atoms with Gasteiger partial charge < -0.3 is 9.47 Å². The van der Waals surface area contributed by atoms with Gasteiger partial charge in [-0.3, -0.25) is 0 Å². The van der Waals surface area contributed by atoms with E-state index in [4.69, 9.17) is 44.3 Å². The van der Waals surface area contributed by atoms with E-state index in [9.17, 15) is 4.79 Å². The Morgan fingerprint density at radius 1 is 0.973 bits per heavy atom. The molecule has 190 valence electrons. The molecule has 0 saturated carbocycles. The molecule has 0 amide bonds. The molecule has 1 aromatic heterocycles. The lowest BCUT2D eigenvalue weighted by Gasteiger charge is -2.13. The number of hydrogen-bond acceptors (Lipinski definition) is 5. The number of carbonyl (C=O) groups excluding carboxylic acids is 1. The van der Waals surface area contributed by atoms with Crippen molar-refractivity contribution in [2.45, 2.75) is 26.4 Å². The first-order valence-electron chi connectivity index (χ1n) is 11.5. The molecule has 0 radical (unpaired) electrons. The number of ether oxygens (including phenoxy) is 2. The Morgan fingerprint density at radius 2 is 1.70 bits per heavy atom. The molecular weight excluding hydrogens is 549 g/mol. The molecule has 0 bridgehead atoms. The van der Waals surface area contributed by atoms with Crippen LogP contribution in [0.5, 0.6) is 5.75 Å². The molecule has 0 N–H and O–H groups in total. The van der Waals surface area contributed by atoms with Crippen LogP contribution in [0.4, 0.5) is 0 Å². The summed E-state index contributed by atoms with van der Waals surface area (Å²) in [7, 11) is 1.36. The molecule has 4 aromatic rings. The summed E-state index contributed by atoms with van der Waals surface area (Å²) in [6.07, 6.45) is 3.78. The molecule has 0 atom stereocenters. The Kier molecular flexibility index (Phi) is 8.93. The predicted octanol–water partition coefficient (Wildman–Crippen LogP) is 9.43. The van der Waals surface area contributed by atoms with E-state index in [1.54, 1.807) is 36.4 Å². The maximum absolute atomic E-state index is 11.8. The van der Waals surface area contributed by atoms with Crippen molar-refractivity contribution in [3.8, 4) is 17.0 Å². The SMILES string of the molecule is COC(=O)c1cccc(/C=C/c2ccc(OCc3c(-c4c(Cl)cccc4Cl)nsc3C(C)C)cc2Cl)c1. The van der Waals surface area contributed by atoms with E-state index in [0.29, 0.717) is 38.6 Å². The van der Waals surface area contributed by atoms with Crippen LogP contribution in [0.25, 0.3) is 23.4 Å². The molecule has 0 spiro atoms. The summed E-state index contributed by atoms with van der Waals surface area (Å²) in [5.74, 6) is 0.517. The smallest absolute Gasteiger partial charge is 0.337 e. The molecule has 8 heteroatoms. The van der Waals surface area contributed by atoms with Gasteiger partial charge in [-0.2, -0.15) is 4.37 Å². The molecule has 4 nitrogen and oxygen atoms in total. The van der Waals surface area contributed by atoms with E-state index in [2.05, 4.69) is 18.2 Å². The van der Waals surface area contributed by atoms with Crippen LogP contribution in [-0.2, 0) is 11.3 Å². The largest absolute Gasteiger partial charge is 0.489 e. The number of aromatic nitrogens is 1. The molecule has 0 aliphatic rings. The average Bonchev–Trinajstić information content (AvgIpc) is 3.30. The highest BCUT2D eigenvalue weighted by atomic mass is 35.5. The molecule has 3 aromatic carbocycles. The summed E-state index contributed by atoms with van der Waals surface area (Å²) >= 11 is 21.0. The number of carbonyl (C=O) groups is 1. The number of esters is 1. The van der Waals surface area contributed by atoms with Crippen molar-refractivity contribution < 1.29 is 14.3 Å². The lowest BCUT2D eigenvalue weighted by Crippen LogP contribution is -2.01. The summed E-state index contributed by atoms with van der Waals surface area (Å²) in [6.45, 7) is 4.54. The summed E-state index contributed by atoms with van der Waals surface area (Å²) in [5.41, 5.74) is 4.57. The van der Waals surface area contributed by atoms with Gasteiger partial charge in [0.25, 0.3) is 0 Å². The first-order valence-corrected chi connectivity index (χ1v) is 13.4. The van der Waals surface area contributed by atoms with Crippen molar-refractivity contribution >= 4 is 64.5 Å². The zero-order valence-electron chi connectivity index (χ0n) is 20.4. The molecule has 0 aliphatic carbocycles. The van der Waals surface area contributed by atoms with Gasteiger partial charge in [0.2, 0.25) is 0 Å². The molecule has 0 aliphatic heterocycles. The van der Waals surface area contributed by atoms with Gasteiger partial charge >= 0.3 is 5.97 Å². The van der Waals surface area contributed by atoms with Crippen LogP contribution < -0.4 is 4.74 Å². The Balaban J connectivity index is 1.54. The highest BCUT2D eigenvalue weighted by molar-refractivity contribution is 7.06. The molecule has 0 fully saturated rings. The molecule has 37 heavy (non-hydrogen) atoms. The summed E-state index contributed by atoms with van der Waals surface area (Å²) < 4.78 is 15.6. The standard InChI is InChI=1S/C29H24Cl3NO3S/c1-17(2)28-22(27(33-37-28)26-23(30)8-5-9-24(26)31)16-36-21-13-12-19(25(32)15-21)11-10-18-6-4-7-20(14-18)29(34)35-3/h4-15,17H,16H2,1-3H3/b11-10+. The average molecular weight is 573 g/mol. The van der Waals surface area contributed by atoms with Crippen LogP contribution in [-0.4, -0.2) is 17.5 Å². The van der Waals surface area contributed by atoms with Crippen LogP contribution in [0, 0.1) is 0 Å². The monoisotopic (exact) mass is 571 g/mol. The van der Waals surface area contributed by atoms with Crippen LogP contribution in [0.3, 0.4) is 0 Å². The summed E-state index contributed by atoms with van der Waals surface area (Å²) in [4.78, 5) is 12.9. The quantitative estimate of drug-likeness (QED) is 0.156. The van der Waals surface area contributed by atoms with E-state index in [1.165, 1.54) is 18.6 Å². The maximum atomic E-state index is 11.8. The van der Waals surface area contributed by atoms with Crippen molar-refractivity contribution in [2.75, 3.05) is 7.11 Å². The van der Waals surface area contributed by atoms with Gasteiger partial charge in [0.1, 0.15) is 12.4 Å². The first-order chi connectivity index (χ1) is 17.8. The Hall–Kier alpha value is -2.83. The second kappa shape index (κ2) is 12.1. The summed E-state index contributed by atoms with van der Waals surface area (Å²) in [5, 5.41) is 1.64. The van der Waals surface area contributed by atoms with Gasteiger partial charge in [-0.15, -0.1) is 0 Å². The van der Waals surface area contributed by atoms with E-state index < -0.39 is 0 Å². The Labute approximate surface area is 235 Å². The van der Waals surface area contributed by atoms with Gasteiger partial charge in [0.05, 0.1) is 33.4 Å². The van der Waals surface area contributed by atoms with Crippen molar-refractivity contribution in [2.24, 2.45) is 0 Å². The van der Waals surface area contributed by atoms with E-state index in [-0.39, 0.29) is 11.9 Å². The minimum absolute atomic E-state index is 0.264. The second-order valence-electron chi connectivity index (χ2n) is 8.55. The molecule has 4 rings (SSSR count). The highest BCUT2D eigenvalue weighted by Gasteiger charge is 2.22. The van der Waals surface area contributed by atoms with Crippen LogP contribution in [0.1, 0.15) is 51.7 Å². The fraction of sp³-hybridized carbons (Fsp3) is 0.172. The molecular formula is C29H24Cl3NO3S. The van der Waals surface area contributed by atoms with E-state index in [1.807, 2.05) is 36.4 Å². The van der Waals surface area contributed by atoms with Crippen LogP contribution >= 0.6 is 46.3 Å². The zero-order valence-corrected chi connectivity index (χ0v) is 23.5. The fourth-order valence-electron chi connectivity index (χ4n) is 3.80. The van der Waals surface area contributed by atoms with Gasteiger partial charge in [-0.05, 0) is 71.0 Å².